The van der Waals surface area contributed by atoms with Crippen LogP contribution in [0.5, 0.6) is 0 Å². The molecule has 0 heterocycles. The SMILES string of the molecule is N#Cc1cc([N+](=O)[O-])ccc1NC(=O)CCCCN. The molecule has 7 nitrogen and oxygen atoms in total. The fraction of sp³-hybridized carbons (Fsp3) is 0.333. The Balaban J connectivity index is 2.76. The summed E-state index contributed by atoms with van der Waals surface area (Å²) in [6, 6.07) is 5.56. The molecule has 1 aromatic carbocycles. The summed E-state index contributed by atoms with van der Waals surface area (Å²) in [5.74, 6) is -0.237. The third-order valence-corrected chi connectivity index (χ3v) is 2.47. The van der Waals surface area contributed by atoms with Crippen molar-refractivity contribution >= 4 is 17.3 Å². The number of unbranched alkanes of at least 4 members (excludes halogenated alkanes) is 1. The van der Waals surface area contributed by atoms with Crippen molar-refractivity contribution in [2.24, 2.45) is 5.73 Å². The van der Waals surface area contributed by atoms with Crippen molar-refractivity contribution in [3.63, 3.8) is 0 Å². The second-order valence-electron chi connectivity index (χ2n) is 3.89. The van der Waals surface area contributed by atoms with Crippen LogP contribution in [0.15, 0.2) is 18.2 Å². The Morgan fingerprint density at radius 2 is 2.21 bits per heavy atom. The standard InChI is InChI=1S/C12H14N4O3/c13-6-2-1-3-12(17)15-11-5-4-10(16(18)19)7-9(11)8-14/h4-5,7H,1-3,6,13H2,(H,15,17). The summed E-state index contributed by atoms with van der Waals surface area (Å²) < 4.78 is 0. The van der Waals surface area contributed by atoms with E-state index in [4.69, 9.17) is 11.0 Å². The van der Waals surface area contributed by atoms with Gasteiger partial charge in [-0.2, -0.15) is 5.26 Å². The summed E-state index contributed by atoms with van der Waals surface area (Å²) in [5.41, 5.74) is 5.49. The second-order valence-corrected chi connectivity index (χ2v) is 3.89. The Morgan fingerprint density at radius 1 is 1.47 bits per heavy atom. The molecule has 1 amide bonds. The molecule has 0 radical (unpaired) electrons. The Labute approximate surface area is 110 Å². The van der Waals surface area contributed by atoms with Crippen molar-refractivity contribution in [3.8, 4) is 6.07 Å². The van der Waals surface area contributed by atoms with E-state index >= 15 is 0 Å². The van der Waals surface area contributed by atoms with Gasteiger partial charge in [-0.05, 0) is 25.5 Å². The van der Waals surface area contributed by atoms with E-state index in [1.165, 1.54) is 12.1 Å². The molecule has 0 saturated heterocycles. The van der Waals surface area contributed by atoms with Gasteiger partial charge in [0.15, 0.2) is 0 Å². The lowest BCUT2D eigenvalue weighted by molar-refractivity contribution is -0.384. The van der Waals surface area contributed by atoms with Crippen molar-refractivity contribution in [1.82, 2.24) is 0 Å². The molecule has 7 heteroatoms. The third-order valence-electron chi connectivity index (χ3n) is 2.47. The molecule has 0 spiro atoms. The van der Waals surface area contributed by atoms with Gasteiger partial charge in [0.05, 0.1) is 16.2 Å². The number of nitrogens with zero attached hydrogens (tertiary/aromatic N) is 2. The number of benzene rings is 1. The van der Waals surface area contributed by atoms with E-state index in [-0.39, 0.29) is 22.8 Å². The number of anilines is 1. The molecule has 1 rings (SSSR count). The molecule has 0 aliphatic heterocycles. The maximum absolute atomic E-state index is 11.6. The fourth-order valence-electron chi connectivity index (χ4n) is 1.49. The molecule has 0 aliphatic carbocycles. The minimum Gasteiger partial charge on any atom is -0.330 e. The zero-order chi connectivity index (χ0) is 14.3. The quantitative estimate of drug-likeness (QED) is 0.457. The van der Waals surface area contributed by atoms with Crippen LogP contribution in [0, 0.1) is 21.4 Å². The number of nitriles is 1. The number of carbonyl (C=O) groups is 1. The summed E-state index contributed by atoms with van der Waals surface area (Å²) in [6.07, 6.45) is 1.72. The van der Waals surface area contributed by atoms with Gasteiger partial charge in [0, 0.05) is 18.6 Å². The molecule has 0 saturated carbocycles. The van der Waals surface area contributed by atoms with Crippen LogP contribution in [0.3, 0.4) is 0 Å². The molecule has 19 heavy (non-hydrogen) atoms. The lowest BCUT2D eigenvalue weighted by atomic mass is 10.1. The van der Waals surface area contributed by atoms with Crippen LogP contribution in [0.25, 0.3) is 0 Å². The first-order valence-electron chi connectivity index (χ1n) is 5.77. The maximum atomic E-state index is 11.6. The lowest BCUT2D eigenvalue weighted by Gasteiger charge is -2.06. The highest BCUT2D eigenvalue weighted by Gasteiger charge is 2.12. The number of rotatable bonds is 6. The average molecular weight is 262 g/mol. The van der Waals surface area contributed by atoms with Gasteiger partial charge in [-0.3, -0.25) is 14.9 Å². The van der Waals surface area contributed by atoms with Crippen molar-refractivity contribution in [2.75, 3.05) is 11.9 Å². The average Bonchev–Trinajstić information content (AvgIpc) is 2.39. The maximum Gasteiger partial charge on any atom is 0.270 e. The van der Waals surface area contributed by atoms with Gasteiger partial charge in [-0.1, -0.05) is 0 Å². The predicted octanol–water partition coefficient (Wildman–Crippen LogP) is 1.53. The molecule has 0 atom stereocenters. The number of hydrogen-bond donors (Lipinski definition) is 2. The van der Waals surface area contributed by atoms with Crippen molar-refractivity contribution < 1.29 is 9.72 Å². The van der Waals surface area contributed by atoms with Gasteiger partial charge in [0.1, 0.15) is 6.07 Å². The van der Waals surface area contributed by atoms with E-state index in [1.807, 2.05) is 6.07 Å². The number of hydrogen-bond acceptors (Lipinski definition) is 5. The number of nitro benzene ring substituents is 1. The zero-order valence-electron chi connectivity index (χ0n) is 10.3. The lowest BCUT2D eigenvalue weighted by Crippen LogP contribution is -2.13. The van der Waals surface area contributed by atoms with Gasteiger partial charge in [-0.15, -0.1) is 0 Å². The topological polar surface area (TPSA) is 122 Å². The Morgan fingerprint density at radius 3 is 2.79 bits per heavy atom. The van der Waals surface area contributed by atoms with E-state index in [0.717, 1.165) is 12.5 Å². The van der Waals surface area contributed by atoms with Gasteiger partial charge in [0.25, 0.3) is 5.69 Å². The second kappa shape index (κ2) is 7.08. The van der Waals surface area contributed by atoms with Crippen LogP contribution in [-0.2, 0) is 4.79 Å². The summed E-state index contributed by atoms with van der Waals surface area (Å²) >= 11 is 0. The Bertz CT molecular complexity index is 522. The summed E-state index contributed by atoms with van der Waals surface area (Å²) in [5, 5.41) is 22.0. The highest BCUT2D eigenvalue weighted by Crippen LogP contribution is 2.21. The van der Waals surface area contributed by atoms with E-state index in [9.17, 15) is 14.9 Å². The minimum absolute atomic E-state index is 0.0707. The zero-order valence-corrected chi connectivity index (χ0v) is 10.3. The Kier molecular flexibility index (Phi) is 5.44. The molecule has 100 valence electrons. The van der Waals surface area contributed by atoms with Crippen LogP contribution < -0.4 is 11.1 Å². The van der Waals surface area contributed by atoms with Crippen LogP contribution in [0.1, 0.15) is 24.8 Å². The van der Waals surface area contributed by atoms with E-state index in [0.29, 0.717) is 19.4 Å². The van der Waals surface area contributed by atoms with Crippen LogP contribution in [0.2, 0.25) is 0 Å². The molecule has 1 aromatic rings. The van der Waals surface area contributed by atoms with Crippen LogP contribution in [0.4, 0.5) is 11.4 Å². The van der Waals surface area contributed by atoms with Crippen molar-refractivity contribution in [2.45, 2.75) is 19.3 Å². The molecular weight excluding hydrogens is 248 g/mol. The van der Waals surface area contributed by atoms with E-state index in [2.05, 4.69) is 5.32 Å². The van der Waals surface area contributed by atoms with Crippen LogP contribution >= 0.6 is 0 Å². The number of nitro groups is 1. The van der Waals surface area contributed by atoms with Crippen molar-refractivity contribution in [3.05, 3.63) is 33.9 Å². The van der Waals surface area contributed by atoms with Crippen molar-refractivity contribution in [1.29, 1.82) is 5.26 Å². The molecule has 0 bridgehead atoms. The first-order valence-corrected chi connectivity index (χ1v) is 5.77. The highest BCUT2D eigenvalue weighted by molar-refractivity contribution is 5.92. The number of amides is 1. The smallest absolute Gasteiger partial charge is 0.270 e. The van der Waals surface area contributed by atoms with Gasteiger partial charge in [-0.25, -0.2) is 0 Å². The number of carbonyl (C=O) groups excluding carboxylic acids is 1. The van der Waals surface area contributed by atoms with Gasteiger partial charge in [0.2, 0.25) is 5.91 Å². The molecule has 0 aliphatic rings. The molecular formula is C12H14N4O3. The Hall–Kier alpha value is -2.46. The van der Waals surface area contributed by atoms with Gasteiger partial charge < -0.3 is 11.1 Å². The first-order chi connectivity index (χ1) is 9.08. The first kappa shape index (κ1) is 14.6. The summed E-state index contributed by atoms with van der Waals surface area (Å²) in [7, 11) is 0. The third kappa shape index (κ3) is 4.37. The molecule has 0 aromatic heterocycles. The molecule has 0 unspecified atom stereocenters. The number of nitrogens with one attached hydrogen (secondary N) is 1. The largest absolute Gasteiger partial charge is 0.330 e. The predicted molar refractivity (Wildman–Crippen MR) is 69.3 cm³/mol. The normalized spacial score (nSPS) is 9.68. The van der Waals surface area contributed by atoms with Gasteiger partial charge >= 0.3 is 0 Å². The number of non-ortho nitro benzene ring substituents is 1. The highest BCUT2D eigenvalue weighted by atomic mass is 16.6. The van der Waals surface area contributed by atoms with Crippen LogP contribution in [-0.4, -0.2) is 17.4 Å². The monoisotopic (exact) mass is 262 g/mol. The van der Waals surface area contributed by atoms with E-state index < -0.39 is 4.92 Å². The van der Waals surface area contributed by atoms with E-state index in [1.54, 1.807) is 0 Å². The summed E-state index contributed by atoms with van der Waals surface area (Å²) in [4.78, 5) is 21.6. The molecule has 0 fully saturated rings. The fourth-order valence-corrected chi connectivity index (χ4v) is 1.49. The number of nitrogens with two attached hydrogens (primary N) is 1. The minimum atomic E-state index is -0.590. The summed E-state index contributed by atoms with van der Waals surface area (Å²) in [6.45, 7) is 0.522. The molecule has 3 N–H and O–H groups in total.